The molecule has 2 aromatic rings. The van der Waals surface area contributed by atoms with Crippen molar-refractivity contribution in [3.8, 4) is 22.6 Å². The average Bonchev–Trinajstić information content (AvgIpc) is 2.45. The summed E-state index contributed by atoms with van der Waals surface area (Å²) >= 11 is 12.0. The Morgan fingerprint density at radius 3 is 2.38 bits per heavy atom. The highest BCUT2D eigenvalue weighted by Gasteiger charge is 2.33. The van der Waals surface area contributed by atoms with Crippen molar-refractivity contribution < 1.29 is 22.6 Å². The molecule has 0 unspecified atom stereocenters. The molecule has 0 radical (unpaired) electrons. The van der Waals surface area contributed by atoms with Gasteiger partial charge in [0.25, 0.3) is 0 Å². The molecule has 1 N–H and O–H groups in total. The normalized spacial score (nSPS) is 15.0. The second-order valence-electron chi connectivity index (χ2n) is 5.23. The topological polar surface area (TPSA) is 30.5 Å². The average molecular weight is 378 g/mol. The maximum atomic E-state index is 12.7. The molecule has 3 rings (SSSR count). The fraction of sp³-hybridized carbons (Fsp3) is 0.250. The van der Waals surface area contributed by atoms with Crippen LogP contribution in [0.25, 0.3) is 11.1 Å². The summed E-state index contributed by atoms with van der Waals surface area (Å²) in [7, 11) is 0. The predicted molar refractivity (Wildman–Crippen MR) is 85.9 cm³/mol. The highest BCUT2D eigenvalue weighted by Crippen LogP contribution is 2.39. The first-order chi connectivity index (χ1) is 11.3. The van der Waals surface area contributed by atoms with Crippen molar-refractivity contribution >= 4 is 23.2 Å². The Labute approximate surface area is 146 Å². The lowest BCUT2D eigenvalue weighted by Gasteiger charge is -2.28. The summed E-state index contributed by atoms with van der Waals surface area (Å²) in [6.07, 6.45) is -5.01. The zero-order valence-electron chi connectivity index (χ0n) is 12.2. The van der Waals surface area contributed by atoms with E-state index in [1.165, 1.54) is 12.1 Å². The van der Waals surface area contributed by atoms with Crippen LogP contribution in [0.2, 0.25) is 10.0 Å². The van der Waals surface area contributed by atoms with Crippen LogP contribution in [0.1, 0.15) is 0 Å². The van der Waals surface area contributed by atoms with E-state index >= 15 is 0 Å². The van der Waals surface area contributed by atoms with Crippen LogP contribution in [0.15, 0.2) is 36.4 Å². The third-order valence-corrected chi connectivity index (χ3v) is 4.01. The van der Waals surface area contributed by atoms with Crippen LogP contribution in [0, 0.1) is 0 Å². The van der Waals surface area contributed by atoms with Gasteiger partial charge in [-0.25, -0.2) is 0 Å². The molecule has 1 aliphatic heterocycles. The maximum absolute atomic E-state index is 12.7. The molecule has 0 bridgehead atoms. The fourth-order valence-corrected chi connectivity index (χ4v) is 2.62. The van der Waals surface area contributed by atoms with Crippen LogP contribution in [-0.2, 0) is 0 Å². The molecule has 8 heteroatoms. The minimum atomic E-state index is -4.83. The summed E-state index contributed by atoms with van der Waals surface area (Å²) in [5, 5.41) is 3.77. The Kier molecular flexibility index (Phi) is 4.80. The monoisotopic (exact) mass is 377 g/mol. The standard InChI is InChI=1S/C16H12Cl2F3NO2/c17-10-2-3-13(18)12(6-10)9-1-4-14(23-11-7-22-8-11)15(5-9)24-16(19,20)21/h1-6,11,22H,7-8H2. The van der Waals surface area contributed by atoms with Crippen molar-refractivity contribution in [2.75, 3.05) is 13.1 Å². The molecule has 2 aromatic carbocycles. The van der Waals surface area contributed by atoms with Gasteiger partial charge in [0.1, 0.15) is 6.10 Å². The van der Waals surface area contributed by atoms with Gasteiger partial charge in [-0.3, -0.25) is 0 Å². The van der Waals surface area contributed by atoms with Gasteiger partial charge in [-0.05, 0) is 35.9 Å². The van der Waals surface area contributed by atoms with E-state index in [9.17, 15) is 13.2 Å². The SMILES string of the molecule is FC(F)(F)Oc1cc(-c2cc(Cl)ccc2Cl)ccc1OC1CNC1. The van der Waals surface area contributed by atoms with Crippen molar-refractivity contribution in [3.63, 3.8) is 0 Å². The van der Waals surface area contributed by atoms with Crippen LogP contribution in [-0.4, -0.2) is 25.6 Å². The van der Waals surface area contributed by atoms with Gasteiger partial charge in [0.05, 0.1) is 0 Å². The third-order valence-electron chi connectivity index (χ3n) is 3.45. The Bertz CT molecular complexity index is 749. The zero-order valence-corrected chi connectivity index (χ0v) is 13.7. The summed E-state index contributed by atoms with van der Waals surface area (Å²) < 4.78 is 47.7. The summed E-state index contributed by atoms with van der Waals surface area (Å²) in [5.74, 6) is -0.385. The van der Waals surface area contributed by atoms with E-state index in [4.69, 9.17) is 27.9 Å². The Hall–Kier alpha value is -1.63. The summed E-state index contributed by atoms with van der Waals surface area (Å²) in [5.41, 5.74) is 0.953. The lowest BCUT2D eigenvalue weighted by Crippen LogP contribution is -2.50. The minimum absolute atomic E-state index is 0.0284. The van der Waals surface area contributed by atoms with Gasteiger partial charge in [0.2, 0.25) is 0 Å². The summed E-state index contributed by atoms with van der Waals surface area (Å²) in [6.45, 7) is 1.15. The highest BCUT2D eigenvalue weighted by atomic mass is 35.5. The zero-order chi connectivity index (χ0) is 17.3. The molecule has 0 amide bonds. The molecule has 128 valence electrons. The first-order valence-electron chi connectivity index (χ1n) is 7.04. The highest BCUT2D eigenvalue weighted by molar-refractivity contribution is 6.35. The number of rotatable bonds is 4. The van der Waals surface area contributed by atoms with Gasteiger partial charge in [0, 0.05) is 28.7 Å². The Morgan fingerprint density at radius 1 is 1.00 bits per heavy atom. The molecule has 1 aliphatic rings. The van der Waals surface area contributed by atoms with Gasteiger partial charge in [-0.1, -0.05) is 29.3 Å². The molecule has 3 nitrogen and oxygen atoms in total. The number of ether oxygens (including phenoxy) is 2. The van der Waals surface area contributed by atoms with E-state index in [0.29, 0.717) is 34.3 Å². The van der Waals surface area contributed by atoms with Crippen LogP contribution >= 0.6 is 23.2 Å². The number of benzene rings is 2. The van der Waals surface area contributed by atoms with E-state index in [0.717, 1.165) is 0 Å². The largest absolute Gasteiger partial charge is 0.573 e. The van der Waals surface area contributed by atoms with Crippen molar-refractivity contribution in [2.45, 2.75) is 12.5 Å². The first-order valence-corrected chi connectivity index (χ1v) is 7.80. The second kappa shape index (κ2) is 6.70. The van der Waals surface area contributed by atoms with Crippen molar-refractivity contribution in [1.29, 1.82) is 0 Å². The van der Waals surface area contributed by atoms with Crippen molar-refractivity contribution in [3.05, 3.63) is 46.4 Å². The smallest absolute Gasteiger partial charge is 0.484 e. The Morgan fingerprint density at radius 2 is 1.75 bits per heavy atom. The molecule has 0 aromatic heterocycles. The lowest BCUT2D eigenvalue weighted by molar-refractivity contribution is -0.275. The first kappa shape index (κ1) is 17.2. The van der Waals surface area contributed by atoms with Crippen LogP contribution in [0.3, 0.4) is 0 Å². The van der Waals surface area contributed by atoms with E-state index in [2.05, 4.69) is 10.1 Å². The predicted octanol–water partition coefficient (Wildman–Crippen LogP) is 4.91. The lowest BCUT2D eigenvalue weighted by atomic mass is 10.0. The molecule has 1 heterocycles. The molecular weight excluding hydrogens is 366 g/mol. The van der Waals surface area contributed by atoms with Crippen LogP contribution in [0.4, 0.5) is 13.2 Å². The number of halogens is 5. The maximum Gasteiger partial charge on any atom is 0.573 e. The second-order valence-corrected chi connectivity index (χ2v) is 6.08. The van der Waals surface area contributed by atoms with Crippen molar-refractivity contribution in [1.82, 2.24) is 5.32 Å². The molecule has 0 spiro atoms. The van der Waals surface area contributed by atoms with Gasteiger partial charge in [0.15, 0.2) is 11.5 Å². The van der Waals surface area contributed by atoms with Crippen LogP contribution < -0.4 is 14.8 Å². The number of nitrogens with one attached hydrogen (secondary N) is 1. The van der Waals surface area contributed by atoms with Gasteiger partial charge in [-0.2, -0.15) is 0 Å². The van der Waals surface area contributed by atoms with Crippen LogP contribution in [0.5, 0.6) is 11.5 Å². The van der Waals surface area contributed by atoms with E-state index in [-0.39, 0.29) is 11.9 Å². The summed E-state index contributed by atoms with van der Waals surface area (Å²) in [6, 6.07) is 9.04. The molecule has 0 saturated carbocycles. The number of hydrogen-bond donors (Lipinski definition) is 1. The quantitative estimate of drug-likeness (QED) is 0.820. The number of alkyl halides is 3. The van der Waals surface area contributed by atoms with Gasteiger partial charge < -0.3 is 14.8 Å². The molecule has 0 atom stereocenters. The fourth-order valence-electron chi connectivity index (χ4n) is 2.22. The third kappa shape index (κ3) is 4.06. The summed E-state index contributed by atoms with van der Waals surface area (Å²) in [4.78, 5) is 0. The van der Waals surface area contributed by atoms with E-state index in [1.54, 1.807) is 24.3 Å². The van der Waals surface area contributed by atoms with Gasteiger partial charge in [-0.15, -0.1) is 13.2 Å². The van der Waals surface area contributed by atoms with Gasteiger partial charge >= 0.3 is 6.36 Å². The molecule has 1 fully saturated rings. The minimum Gasteiger partial charge on any atom is -0.484 e. The molecule has 24 heavy (non-hydrogen) atoms. The Balaban J connectivity index is 1.99. The van der Waals surface area contributed by atoms with E-state index in [1.807, 2.05) is 0 Å². The molecule has 1 saturated heterocycles. The molecule has 0 aliphatic carbocycles. The van der Waals surface area contributed by atoms with Crippen molar-refractivity contribution in [2.24, 2.45) is 0 Å². The number of hydrogen-bond acceptors (Lipinski definition) is 3. The molecular formula is C16H12Cl2F3NO2. The van der Waals surface area contributed by atoms with E-state index < -0.39 is 12.1 Å².